The van der Waals surface area contributed by atoms with Crippen molar-refractivity contribution in [3.8, 4) is 0 Å². The van der Waals surface area contributed by atoms with E-state index in [-0.39, 0.29) is 26.3 Å². The minimum absolute atomic E-state index is 0.0526. The molecule has 1 atom stereocenters. The quantitative estimate of drug-likeness (QED) is 0.551. The van der Waals surface area contributed by atoms with Crippen LogP contribution in [0.1, 0.15) is 6.42 Å². The minimum atomic E-state index is -4.66. The molecule has 1 fully saturated rings. The number of rotatable bonds is 5. The van der Waals surface area contributed by atoms with Crippen molar-refractivity contribution in [2.45, 2.75) is 15.6 Å². The van der Waals surface area contributed by atoms with E-state index in [0.717, 1.165) is 4.31 Å². The van der Waals surface area contributed by atoms with Gasteiger partial charge in [0.1, 0.15) is 0 Å². The van der Waals surface area contributed by atoms with Gasteiger partial charge >= 0.3 is 5.25 Å². The van der Waals surface area contributed by atoms with E-state index in [4.69, 9.17) is 9.84 Å². The maximum atomic E-state index is 13.6. The molecule has 5 nitrogen and oxygen atoms in total. The molecule has 0 radical (unpaired) electrons. The second-order valence-corrected chi connectivity index (χ2v) is 7.46. The van der Waals surface area contributed by atoms with Gasteiger partial charge in [-0.25, -0.2) is 8.42 Å². The van der Waals surface area contributed by atoms with Crippen LogP contribution in [-0.2, 0) is 14.8 Å². The molecule has 0 aromatic rings. The first-order chi connectivity index (χ1) is 7.81. The van der Waals surface area contributed by atoms with E-state index in [2.05, 4.69) is 0 Å². The van der Waals surface area contributed by atoms with Gasteiger partial charge in [-0.3, -0.25) is 0 Å². The van der Waals surface area contributed by atoms with Crippen LogP contribution in [0.4, 0.5) is 8.78 Å². The predicted molar refractivity (Wildman–Crippen MR) is 65.8 cm³/mol. The number of aliphatic hydroxyl groups is 1. The van der Waals surface area contributed by atoms with Gasteiger partial charge in [0.2, 0.25) is 0 Å². The summed E-state index contributed by atoms with van der Waals surface area (Å²) in [5.74, 6) is 0. The van der Waals surface area contributed by atoms with E-state index >= 15 is 0 Å². The largest absolute Gasteiger partial charge is 0.395 e. The standard InChI is InChI=1S/C8H14F2INO4S/c9-8(10,5-7(11)6-13)17(14,15)12-1-3-16-4-2-12/h7,13H,1-6H2. The third-order valence-electron chi connectivity index (χ3n) is 2.34. The van der Waals surface area contributed by atoms with Gasteiger partial charge in [0.25, 0.3) is 10.0 Å². The van der Waals surface area contributed by atoms with E-state index in [1.165, 1.54) is 0 Å². The van der Waals surface area contributed by atoms with Crippen molar-refractivity contribution in [1.82, 2.24) is 4.31 Å². The molecule has 0 spiro atoms. The molecule has 0 bridgehead atoms. The first-order valence-electron chi connectivity index (χ1n) is 5.01. The first kappa shape index (κ1) is 15.5. The highest BCUT2D eigenvalue weighted by molar-refractivity contribution is 14.1. The molecular weight excluding hydrogens is 371 g/mol. The summed E-state index contributed by atoms with van der Waals surface area (Å²) in [4.78, 5) is 0. The lowest BCUT2D eigenvalue weighted by atomic mass is 10.3. The van der Waals surface area contributed by atoms with Crippen molar-refractivity contribution in [2.75, 3.05) is 32.9 Å². The van der Waals surface area contributed by atoms with Crippen molar-refractivity contribution in [3.05, 3.63) is 0 Å². The molecule has 102 valence electrons. The van der Waals surface area contributed by atoms with Gasteiger partial charge in [-0.15, -0.1) is 0 Å². The minimum Gasteiger partial charge on any atom is -0.395 e. The summed E-state index contributed by atoms with van der Waals surface area (Å²) in [6.45, 7) is -0.327. The van der Waals surface area contributed by atoms with Crippen molar-refractivity contribution in [1.29, 1.82) is 0 Å². The molecule has 0 saturated carbocycles. The fraction of sp³-hybridized carbons (Fsp3) is 1.00. The van der Waals surface area contributed by atoms with Crippen LogP contribution in [0.25, 0.3) is 0 Å². The summed E-state index contributed by atoms with van der Waals surface area (Å²) in [5, 5.41) is 4.86. The maximum Gasteiger partial charge on any atom is 0.360 e. The molecule has 0 amide bonds. The van der Waals surface area contributed by atoms with Crippen LogP contribution in [0.15, 0.2) is 0 Å². The number of aliphatic hydroxyl groups excluding tert-OH is 1. The lowest BCUT2D eigenvalue weighted by molar-refractivity contribution is 0.0457. The predicted octanol–water partition coefficient (Wildman–Crippen LogP) is 0.427. The van der Waals surface area contributed by atoms with Crippen LogP contribution >= 0.6 is 22.6 Å². The summed E-state index contributed by atoms with van der Waals surface area (Å²) in [5.41, 5.74) is 0. The Labute approximate surface area is 112 Å². The third-order valence-corrected chi connectivity index (χ3v) is 5.15. The number of alkyl halides is 3. The number of sulfonamides is 1. The SMILES string of the molecule is O=S(=O)(N1CCOCC1)C(F)(F)CC(I)CO. The highest BCUT2D eigenvalue weighted by Crippen LogP contribution is 2.32. The van der Waals surface area contributed by atoms with Crippen LogP contribution in [-0.4, -0.2) is 59.9 Å². The zero-order chi connectivity index (χ0) is 13.1. The van der Waals surface area contributed by atoms with Crippen molar-refractivity contribution >= 4 is 32.6 Å². The molecule has 0 aliphatic carbocycles. The number of hydrogen-bond donors (Lipinski definition) is 1. The molecule has 1 unspecified atom stereocenters. The Morgan fingerprint density at radius 2 is 1.94 bits per heavy atom. The third kappa shape index (κ3) is 3.69. The normalized spacial score (nSPS) is 21.4. The Morgan fingerprint density at radius 3 is 2.41 bits per heavy atom. The van der Waals surface area contributed by atoms with Crippen LogP contribution < -0.4 is 0 Å². The zero-order valence-electron chi connectivity index (χ0n) is 8.98. The molecule has 9 heteroatoms. The Bertz CT molecular complexity index is 345. The number of hydrogen-bond acceptors (Lipinski definition) is 4. The Morgan fingerprint density at radius 1 is 1.41 bits per heavy atom. The van der Waals surface area contributed by atoms with Gasteiger partial charge < -0.3 is 9.84 Å². The van der Waals surface area contributed by atoms with Gasteiger partial charge in [-0.1, -0.05) is 22.6 Å². The van der Waals surface area contributed by atoms with Crippen molar-refractivity contribution in [2.24, 2.45) is 0 Å². The fourth-order valence-corrected chi connectivity index (χ4v) is 3.67. The molecule has 1 aliphatic heterocycles. The summed E-state index contributed by atoms with van der Waals surface area (Å²) < 4.78 is 55.5. The van der Waals surface area contributed by atoms with E-state index in [0.29, 0.717) is 0 Å². The molecule has 1 saturated heterocycles. The molecule has 1 rings (SSSR count). The zero-order valence-corrected chi connectivity index (χ0v) is 12.0. The average molecular weight is 385 g/mol. The first-order valence-corrected chi connectivity index (χ1v) is 7.70. The van der Waals surface area contributed by atoms with Gasteiger partial charge in [-0.05, 0) is 0 Å². The average Bonchev–Trinajstić information content (AvgIpc) is 2.29. The summed E-state index contributed by atoms with van der Waals surface area (Å²) in [6, 6.07) is 0. The summed E-state index contributed by atoms with van der Waals surface area (Å²) in [7, 11) is -4.66. The van der Waals surface area contributed by atoms with E-state index < -0.39 is 32.2 Å². The molecule has 17 heavy (non-hydrogen) atoms. The maximum absolute atomic E-state index is 13.6. The summed E-state index contributed by atoms with van der Waals surface area (Å²) in [6.07, 6.45) is -0.885. The molecule has 0 aromatic heterocycles. The Kier molecular flexibility index (Phi) is 5.50. The van der Waals surface area contributed by atoms with Gasteiger partial charge in [0.15, 0.2) is 0 Å². The smallest absolute Gasteiger partial charge is 0.360 e. The number of morpholine rings is 1. The van der Waals surface area contributed by atoms with E-state index in [9.17, 15) is 17.2 Å². The molecule has 0 aromatic carbocycles. The number of nitrogens with zero attached hydrogens (tertiary/aromatic N) is 1. The molecule has 1 N–H and O–H groups in total. The molecule has 1 aliphatic rings. The van der Waals surface area contributed by atoms with Crippen LogP contribution in [0, 0.1) is 0 Å². The second-order valence-electron chi connectivity index (χ2n) is 3.64. The lowest BCUT2D eigenvalue weighted by Crippen LogP contribution is -2.49. The fourth-order valence-electron chi connectivity index (χ4n) is 1.40. The Hall–Kier alpha value is 0.420. The molecular formula is C8H14F2INO4S. The summed E-state index contributed by atoms with van der Waals surface area (Å²) >= 11 is 1.60. The highest BCUT2D eigenvalue weighted by atomic mass is 127. The van der Waals surface area contributed by atoms with Gasteiger partial charge in [0.05, 0.1) is 19.8 Å². The van der Waals surface area contributed by atoms with Crippen LogP contribution in [0.3, 0.4) is 0 Å². The van der Waals surface area contributed by atoms with Crippen molar-refractivity contribution in [3.63, 3.8) is 0 Å². The van der Waals surface area contributed by atoms with Crippen LogP contribution in [0.5, 0.6) is 0 Å². The second kappa shape index (κ2) is 6.04. The van der Waals surface area contributed by atoms with Crippen molar-refractivity contribution < 1.29 is 27.0 Å². The van der Waals surface area contributed by atoms with Gasteiger partial charge in [0, 0.05) is 23.4 Å². The monoisotopic (exact) mass is 385 g/mol. The van der Waals surface area contributed by atoms with E-state index in [1.807, 2.05) is 0 Å². The Balaban J connectivity index is 2.79. The number of ether oxygens (including phenoxy) is 1. The highest BCUT2D eigenvalue weighted by Gasteiger charge is 2.49. The molecule has 1 heterocycles. The van der Waals surface area contributed by atoms with Gasteiger partial charge in [-0.2, -0.15) is 13.1 Å². The van der Waals surface area contributed by atoms with E-state index in [1.54, 1.807) is 22.6 Å². The lowest BCUT2D eigenvalue weighted by Gasteiger charge is -2.30. The number of halogens is 3. The topological polar surface area (TPSA) is 66.8 Å². The van der Waals surface area contributed by atoms with Crippen LogP contribution in [0.2, 0.25) is 0 Å².